The Morgan fingerprint density at radius 1 is 1.16 bits per heavy atom. The van der Waals surface area contributed by atoms with Gasteiger partial charge in [-0.3, -0.25) is 9.89 Å². The normalized spacial score (nSPS) is 14.5. The van der Waals surface area contributed by atoms with E-state index in [1.165, 1.54) is 0 Å². The van der Waals surface area contributed by atoms with Gasteiger partial charge in [-0.2, -0.15) is 10.4 Å². The first-order valence-electron chi connectivity index (χ1n) is 8.09. The number of aromatic nitrogens is 3. The molecule has 7 heteroatoms. The van der Waals surface area contributed by atoms with E-state index in [2.05, 4.69) is 26.2 Å². The highest BCUT2D eigenvalue weighted by Gasteiger charge is 2.25. The summed E-state index contributed by atoms with van der Waals surface area (Å²) in [7, 11) is 0. The van der Waals surface area contributed by atoms with Crippen molar-refractivity contribution in [3.8, 4) is 6.07 Å². The molecule has 0 radical (unpaired) electrons. The molecule has 25 heavy (non-hydrogen) atoms. The number of H-pyrrole nitrogens is 1. The standard InChI is InChI=1S/C18H16N6O/c19-11-13-4-2-6-20-17(13)23-7-9-24(10-8-23)18(25)15-5-1-3-14-12-21-22-16(14)15/h1-6,12H,7-10H2,(H,21,22). The van der Waals surface area contributed by atoms with Gasteiger partial charge in [-0.1, -0.05) is 12.1 Å². The van der Waals surface area contributed by atoms with Gasteiger partial charge in [0.05, 0.1) is 22.8 Å². The van der Waals surface area contributed by atoms with Gasteiger partial charge in [0.25, 0.3) is 5.91 Å². The quantitative estimate of drug-likeness (QED) is 0.773. The van der Waals surface area contributed by atoms with Crippen LogP contribution in [0.2, 0.25) is 0 Å². The predicted octanol–water partition coefficient (Wildman–Crippen LogP) is 1.79. The van der Waals surface area contributed by atoms with Crippen LogP contribution in [0.1, 0.15) is 15.9 Å². The van der Waals surface area contributed by atoms with E-state index < -0.39 is 0 Å². The molecule has 2 aromatic heterocycles. The number of nitrogens with one attached hydrogen (secondary N) is 1. The smallest absolute Gasteiger partial charge is 0.256 e. The van der Waals surface area contributed by atoms with Gasteiger partial charge in [0.15, 0.2) is 0 Å². The number of piperazine rings is 1. The van der Waals surface area contributed by atoms with Crippen molar-refractivity contribution in [1.29, 1.82) is 5.26 Å². The number of anilines is 1. The fourth-order valence-electron chi connectivity index (χ4n) is 3.18. The number of hydrogen-bond donors (Lipinski definition) is 1. The van der Waals surface area contributed by atoms with E-state index in [4.69, 9.17) is 0 Å². The molecule has 1 saturated heterocycles. The largest absolute Gasteiger partial charge is 0.352 e. The van der Waals surface area contributed by atoms with Crippen molar-refractivity contribution in [1.82, 2.24) is 20.1 Å². The number of rotatable bonds is 2. The van der Waals surface area contributed by atoms with Crippen molar-refractivity contribution in [2.75, 3.05) is 31.1 Å². The van der Waals surface area contributed by atoms with Gasteiger partial charge in [-0.25, -0.2) is 4.98 Å². The lowest BCUT2D eigenvalue weighted by atomic mass is 10.1. The first-order valence-corrected chi connectivity index (χ1v) is 8.09. The van der Waals surface area contributed by atoms with E-state index in [1.54, 1.807) is 24.5 Å². The molecule has 1 fully saturated rings. The monoisotopic (exact) mass is 332 g/mol. The molecule has 0 atom stereocenters. The van der Waals surface area contributed by atoms with E-state index in [0.29, 0.717) is 43.1 Å². The Morgan fingerprint density at radius 3 is 2.80 bits per heavy atom. The Kier molecular flexibility index (Phi) is 3.78. The zero-order valence-electron chi connectivity index (χ0n) is 13.5. The van der Waals surface area contributed by atoms with Gasteiger partial charge in [-0.15, -0.1) is 0 Å². The highest BCUT2D eigenvalue weighted by molar-refractivity contribution is 6.05. The Bertz CT molecular complexity index is 965. The number of pyridine rings is 1. The summed E-state index contributed by atoms with van der Waals surface area (Å²) in [5.41, 5.74) is 1.97. The van der Waals surface area contributed by atoms with Crippen molar-refractivity contribution in [2.45, 2.75) is 0 Å². The van der Waals surface area contributed by atoms with Crippen LogP contribution >= 0.6 is 0 Å². The molecular weight excluding hydrogens is 316 g/mol. The third-order valence-corrected chi connectivity index (χ3v) is 4.48. The Labute approximate surface area is 144 Å². The van der Waals surface area contributed by atoms with Gasteiger partial charge < -0.3 is 9.80 Å². The minimum atomic E-state index is -0.00368. The number of benzene rings is 1. The van der Waals surface area contributed by atoms with E-state index in [1.807, 2.05) is 23.1 Å². The number of carbonyl (C=O) groups is 1. The molecule has 0 aliphatic carbocycles. The fourth-order valence-corrected chi connectivity index (χ4v) is 3.18. The van der Waals surface area contributed by atoms with Crippen LogP contribution in [0, 0.1) is 11.3 Å². The molecule has 3 heterocycles. The first kappa shape index (κ1) is 15.1. The molecule has 7 nitrogen and oxygen atoms in total. The molecule has 3 aromatic rings. The minimum absolute atomic E-state index is 0.00368. The summed E-state index contributed by atoms with van der Waals surface area (Å²) >= 11 is 0. The second kappa shape index (κ2) is 6.24. The topological polar surface area (TPSA) is 88.9 Å². The number of fused-ring (bicyclic) bond motifs is 1. The van der Waals surface area contributed by atoms with Gasteiger partial charge in [0.2, 0.25) is 0 Å². The van der Waals surface area contributed by atoms with E-state index in [0.717, 1.165) is 10.9 Å². The molecule has 4 rings (SSSR count). The maximum absolute atomic E-state index is 12.9. The maximum atomic E-state index is 12.9. The summed E-state index contributed by atoms with van der Waals surface area (Å²) in [5, 5.41) is 17.1. The molecule has 1 aliphatic heterocycles. The fraction of sp³-hybridized carbons (Fsp3) is 0.222. The predicted molar refractivity (Wildman–Crippen MR) is 93.2 cm³/mol. The molecule has 1 amide bonds. The molecule has 0 bridgehead atoms. The van der Waals surface area contributed by atoms with Crippen LogP contribution in [0.15, 0.2) is 42.7 Å². The number of nitrogens with zero attached hydrogens (tertiary/aromatic N) is 5. The van der Waals surface area contributed by atoms with E-state index >= 15 is 0 Å². The van der Waals surface area contributed by atoms with E-state index in [9.17, 15) is 10.1 Å². The first-order chi connectivity index (χ1) is 12.3. The van der Waals surface area contributed by atoms with Crippen molar-refractivity contribution < 1.29 is 4.79 Å². The van der Waals surface area contributed by atoms with Gasteiger partial charge >= 0.3 is 0 Å². The SMILES string of the molecule is N#Cc1cccnc1N1CCN(C(=O)c2cccc3cn[nH]c23)CC1. The molecule has 1 N–H and O–H groups in total. The summed E-state index contributed by atoms with van der Waals surface area (Å²) in [6, 6.07) is 11.3. The number of carbonyl (C=O) groups excluding carboxylic acids is 1. The molecular formula is C18H16N6O. The van der Waals surface area contributed by atoms with Gasteiger partial charge in [0, 0.05) is 37.8 Å². The Balaban J connectivity index is 1.51. The summed E-state index contributed by atoms with van der Waals surface area (Å²) in [6.07, 6.45) is 3.40. The van der Waals surface area contributed by atoms with Crippen molar-refractivity contribution >= 4 is 22.6 Å². The molecule has 0 spiro atoms. The number of hydrogen-bond acceptors (Lipinski definition) is 5. The highest BCUT2D eigenvalue weighted by atomic mass is 16.2. The van der Waals surface area contributed by atoms with Crippen LogP contribution in [0.25, 0.3) is 10.9 Å². The molecule has 124 valence electrons. The van der Waals surface area contributed by atoms with Crippen molar-refractivity contribution in [3.05, 3.63) is 53.9 Å². The zero-order chi connectivity index (χ0) is 17.2. The summed E-state index contributed by atoms with van der Waals surface area (Å²) in [6.45, 7) is 2.47. The lowest BCUT2D eigenvalue weighted by Crippen LogP contribution is -2.49. The number of para-hydroxylation sites is 1. The second-order valence-electron chi connectivity index (χ2n) is 5.91. The molecule has 0 unspecified atom stereocenters. The third-order valence-electron chi connectivity index (χ3n) is 4.48. The van der Waals surface area contributed by atoms with Crippen LogP contribution in [0.3, 0.4) is 0 Å². The third kappa shape index (κ3) is 2.68. The maximum Gasteiger partial charge on any atom is 0.256 e. The van der Waals surface area contributed by atoms with Crippen LogP contribution in [-0.4, -0.2) is 52.2 Å². The zero-order valence-corrected chi connectivity index (χ0v) is 13.5. The number of amides is 1. The van der Waals surface area contributed by atoms with Crippen LogP contribution in [-0.2, 0) is 0 Å². The summed E-state index contributed by atoms with van der Waals surface area (Å²) in [5.74, 6) is 0.684. The average molecular weight is 332 g/mol. The highest BCUT2D eigenvalue weighted by Crippen LogP contribution is 2.21. The summed E-state index contributed by atoms with van der Waals surface area (Å²) < 4.78 is 0. The lowest BCUT2D eigenvalue weighted by molar-refractivity contribution is 0.0748. The van der Waals surface area contributed by atoms with Crippen LogP contribution in [0.5, 0.6) is 0 Å². The minimum Gasteiger partial charge on any atom is -0.352 e. The molecule has 1 aromatic carbocycles. The number of nitriles is 1. The van der Waals surface area contributed by atoms with Crippen LogP contribution < -0.4 is 4.90 Å². The van der Waals surface area contributed by atoms with Crippen molar-refractivity contribution in [2.24, 2.45) is 0 Å². The molecule has 1 aliphatic rings. The average Bonchev–Trinajstić information content (AvgIpc) is 3.16. The number of aromatic amines is 1. The van der Waals surface area contributed by atoms with Gasteiger partial charge in [-0.05, 0) is 18.2 Å². The Morgan fingerprint density at radius 2 is 2.00 bits per heavy atom. The Hall–Kier alpha value is -3.40. The summed E-state index contributed by atoms with van der Waals surface area (Å²) in [4.78, 5) is 21.1. The second-order valence-corrected chi connectivity index (χ2v) is 5.91. The van der Waals surface area contributed by atoms with Gasteiger partial charge in [0.1, 0.15) is 11.9 Å². The van der Waals surface area contributed by atoms with Crippen molar-refractivity contribution in [3.63, 3.8) is 0 Å². The van der Waals surface area contributed by atoms with Crippen LogP contribution in [0.4, 0.5) is 5.82 Å². The van der Waals surface area contributed by atoms with E-state index in [-0.39, 0.29) is 5.91 Å². The molecule has 0 saturated carbocycles. The lowest BCUT2D eigenvalue weighted by Gasteiger charge is -2.35.